The minimum Gasteiger partial charge on any atom is -0.321 e. The van der Waals surface area contributed by atoms with Crippen molar-refractivity contribution in [2.75, 3.05) is 0 Å². The van der Waals surface area contributed by atoms with E-state index < -0.39 is 0 Å². The van der Waals surface area contributed by atoms with Crippen molar-refractivity contribution in [3.05, 3.63) is 53.1 Å². The highest BCUT2D eigenvalue weighted by molar-refractivity contribution is 6.29. The third-order valence-electron chi connectivity index (χ3n) is 3.57. The molecule has 3 rings (SSSR count). The van der Waals surface area contributed by atoms with E-state index in [-0.39, 0.29) is 0 Å². The highest BCUT2D eigenvalue weighted by Crippen LogP contribution is 2.40. The van der Waals surface area contributed by atoms with Gasteiger partial charge in [0.25, 0.3) is 0 Å². The number of halogens is 1. The molecule has 3 nitrogen and oxygen atoms in total. The van der Waals surface area contributed by atoms with Crippen LogP contribution in [0.25, 0.3) is 0 Å². The Bertz CT molecular complexity index is 535. The second-order valence-corrected chi connectivity index (χ2v) is 5.18. The number of benzene rings is 1. The zero-order valence-corrected chi connectivity index (χ0v) is 11.1. The minimum absolute atomic E-state index is 0.572. The van der Waals surface area contributed by atoms with Crippen molar-refractivity contribution in [3.8, 4) is 0 Å². The van der Waals surface area contributed by atoms with Crippen LogP contribution in [0.5, 0.6) is 0 Å². The van der Waals surface area contributed by atoms with E-state index in [0.717, 1.165) is 12.4 Å². The van der Waals surface area contributed by atoms with Crippen LogP contribution in [0, 0.1) is 0 Å². The first-order chi connectivity index (χ1) is 8.75. The summed E-state index contributed by atoms with van der Waals surface area (Å²) in [7, 11) is 1.94. The van der Waals surface area contributed by atoms with E-state index in [4.69, 9.17) is 11.6 Å². The quantitative estimate of drug-likeness (QED) is 0.917. The average molecular weight is 262 g/mol. The summed E-state index contributed by atoms with van der Waals surface area (Å²) in [5, 5.41) is 4.22. The molecule has 0 saturated heterocycles. The Morgan fingerprint density at radius 3 is 2.83 bits per heavy atom. The SMILES string of the molecule is Cn1c(Cl)cnc1CNC1CC1c1ccccc1. The Labute approximate surface area is 112 Å². The van der Waals surface area contributed by atoms with Crippen molar-refractivity contribution in [3.63, 3.8) is 0 Å². The summed E-state index contributed by atoms with van der Waals surface area (Å²) < 4.78 is 1.91. The Balaban J connectivity index is 1.56. The highest BCUT2D eigenvalue weighted by atomic mass is 35.5. The smallest absolute Gasteiger partial charge is 0.128 e. The van der Waals surface area contributed by atoms with Crippen LogP contribution in [0.15, 0.2) is 36.5 Å². The Hall–Kier alpha value is -1.32. The number of rotatable bonds is 4. The average Bonchev–Trinajstić information content (AvgIpc) is 3.12. The van der Waals surface area contributed by atoms with E-state index in [1.54, 1.807) is 6.20 Å². The zero-order chi connectivity index (χ0) is 12.5. The second kappa shape index (κ2) is 4.75. The van der Waals surface area contributed by atoms with Crippen molar-refractivity contribution >= 4 is 11.6 Å². The van der Waals surface area contributed by atoms with Crippen molar-refractivity contribution in [2.45, 2.75) is 24.9 Å². The molecular weight excluding hydrogens is 246 g/mol. The summed E-state index contributed by atoms with van der Waals surface area (Å²) in [6, 6.07) is 11.2. The molecular formula is C14H16ClN3. The monoisotopic (exact) mass is 261 g/mol. The molecule has 2 aromatic rings. The summed E-state index contributed by atoms with van der Waals surface area (Å²) >= 11 is 5.96. The van der Waals surface area contributed by atoms with Gasteiger partial charge >= 0.3 is 0 Å². The predicted octanol–water partition coefficient (Wildman–Crippen LogP) is 2.72. The van der Waals surface area contributed by atoms with Gasteiger partial charge in [-0.05, 0) is 12.0 Å². The van der Waals surface area contributed by atoms with Gasteiger partial charge < -0.3 is 9.88 Å². The van der Waals surface area contributed by atoms with E-state index in [2.05, 4.69) is 40.6 Å². The maximum Gasteiger partial charge on any atom is 0.128 e. The van der Waals surface area contributed by atoms with Crippen LogP contribution in [0.3, 0.4) is 0 Å². The van der Waals surface area contributed by atoms with E-state index >= 15 is 0 Å². The molecule has 1 heterocycles. The lowest BCUT2D eigenvalue weighted by Crippen LogP contribution is -2.19. The summed E-state index contributed by atoms with van der Waals surface area (Å²) in [5.74, 6) is 1.64. The first kappa shape index (κ1) is 11.8. The van der Waals surface area contributed by atoms with Gasteiger partial charge in [0.1, 0.15) is 11.0 Å². The van der Waals surface area contributed by atoms with Gasteiger partial charge in [-0.15, -0.1) is 0 Å². The number of hydrogen-bond donors (Lipinski definition) is 1. The van der Waals surface area contributed by atoms with Gasteiger partial charge in [0.05, 0.1) is 12.7 Å². The van der Waals surface area contributed by atoms with Crippen LogP contribution >= 0.6 is 11.6 Å². The molecule has 0 radical (unpaired) electrons. The van der Waals surface area contributed by atoms with Crippen LogP contribution in [-0.2, 0) is 13.6 Å². The summed E-state index contributed by atoms with van der Waals surface area (Å²) in [6.07, 6.45) is 2.91. The molecule has 0 aliphatic heterocycles. The second-order valence-electron chi connectivity index (χ2n) is 4.80. The van der Waals surface area contributed by atoms with Gasteiger partial charge in [-0.2, -0.15) is 0 Å². The van der Waals surface area contributed by atoms with Crippen LogP contribution in [0.1, 0.15) is 23.7 Å². The van der Waals surface area contributed by atoms with E-state index in [0.29, 0.717) is 17.1 Å². The molecule has 0 bridgehead atoms. The van der Waals surface area contributed by atoms with Crippen LogP contribution in [0.2, 0.25) is 5.15 Å². The van der Waals surface area contributed by atoms with Crippen molar-refractivity contribution in [2.24, 2.45) is 7.05 Å². The fraction of sp³-hybridized carbons (Fsp3) is 0.357. The fourth-order valence-electron chi connectivity index (χ4n) is 2.30. The van der Waals surface area contributed by atoms with Gasteiger partial charge in [-0.3, -0.25) is 0 Å². The standard InChI is InChI=1S/C14H16ClN3/c1-18-13(15)8-17-14(18)9-16-12-7-11(12)10-5-3-2-4-6-10/h2-6,8,11-12,16H,7,9H2,1H3. The third-order valence-corrected chi connectivity index (χ3v) is 3.92. The lowest BCUT2D eigenvalue weighted by molar-refractivity contribution is 0.625. The molecule has 0 spiro atoms. The Kier molecular flexibility index (Phi) is 3.10. The van der Waals surface area contributed by atoms with Gasteiger partial charge in [-0.25, -0.2) is 4.98 Å². The van der Waals surface area contributed by atoms with Crippen molar-refractivity contribution in [1.29, 1.82) is 0 Å². The molecule has 1 aromatic heterocycles. The molecule has 1 N–H and O–H groups in total. The largest absolute Gasteiger partial charge is 0.321 e. The van der Waals surface area contributed by atoms with E-state index in [1.807, 2.05) is 11.6 Å². The van der Waals surface area contributed by atoms with E-state index in [9.17, 15) is 0 Å². The molecule has 1 aliphatic rings. The summed E-state index contributed by atoms with van der Waals surface area (Å²) in [5.41, 5.74) is 1.42. The molecule has 1 aliphatic carbocycles. The lowest BCUT2D eigenvalue weighted by atomic mass is 10.1. The molecule has 94 valence electrons. The maximum absolute atomic E-state index is 5.96. The number of nitrogens with one attached hydrogen (secondary N) is 1. The van der Waals surface area contributed by atoms with Crippen LogP contribution in [0.4, 0.5) is 0 Å². The summed E-state index contributed by atoms with van der Waals surface area (Å²) in [6.45, 7) is 0.775. The summed E-state index contributed by atoms with van der Waals surface area (Å²) in [4.78, 5) is 4.28. The van der Waals surface area contributed by atoms with Crippen LogP contribution < -0.4 is 5.32 Å². The van der Waals surface area contributed by atoms with Crippen molar-refractivity contribution < 1.29 is 0 Å². The molecule has 4 heteroatoms. The molecule has 2 unspecified atom stereocenters. The number of nitrogens with zero attached hydrogens (tertiary/aromatic N) is 2. The fourth-order valence-corrected chi connectivity index (χ4v) is 2.45. The minimum atomic E-state index is 0.572. The highest BCUT2D eigenvalue weighted by Gasteiger charge is 2.37. The predicted molar refractivity (Wildman–Crippen MR) is 72.6 cm³/mol. The normalized spacial score (nSPS) is 22.1. The Morgan fingerprint density at radius 2 is 2.17 bits per heavy atom. The topological polar surface area (TPSA) is 29.9 Å². The van der Waals surface area contributed by atoms with Gasteiger partial charge in [0.2, 0.25) is 0 Å². The molecule has 18 heavy (non-hydrogen) atoms. The molecule has 0 amide bonds. The third kappa shape index (κ3) is 2.28. The lowest BCUT2D eigenvalue weighted by Gasteiger charge is -2.05. The zero-order valence-electron chi connectivity index (χ0n) is 10.3. The molecule has 1 aromatic carbocycles. The molecule has 1 saturated carbocycles. The van der Waals surface area contributed by atoms with Crippen LogP contribution in [-0.4, -0.2) is 15.6 Å². The number of hydrogen-bond acceptors (Lipinski definition) is 2. The first-order valence-electron chi connectivity index (χ1n) is 6.20. The number of imidazole rings is 1. The van der Waals surface area contributed by atoms with Crippen molar-refractivity contribution in [1.82, 2.24) is 14.9 Å². The first-order valence-corrected chi connectivity index (χ1v) is 6.58. The maximum atomic E-state index is 5.96. The van der Waals surface area contributed by atoms with E-state index in [1.165, 1.54) is 12.0 Å². The molecule has 2 atom stereocenters. The number of aromatic nitrogens is 2. The Morgan fingerprint density at radius 1 is 1.39 bits per heavy atom. The van der Waals surface area contributed by atoms with Gasteiger partial charge in [-0.1, -0.05) is 41.9 Å². The van der Waals surface area contributed by atoms with Gasteiger partial charge in [0, 0.05) is 19.0 Å². The van der Waals surface area contributed by atoms with Gasteiger partial charge in [0.15, 0.2) is 0 Å². The molecule has 1 fully saturated rings.